The van der Waals surface area contributed by atoms with Crippen molar-refractivity contribution < 1.29 is 14.3 Å². The Morgan fingerprint density at radius 3 is 3.04 bits per heavy atom. The molecule has 0 saturated carbocycles. The molecule has 0 aliphatic carbocycles. The first-order valence-corrected chi connectivity index (χ1v) is 8.82. The van der Waals surface area contributed by atoms with Gasteiger partial charge in [-0.1, -0.05) is 0 Å². The Hall–Kier alpha value is -3.36. The monoisotopic (exact) mass is 366 g/mol. The molecule has 0 fully saturated rings. The second-order valence-electron chi connectivity index (χ2n) is 6.71. The maximum absolute atomic E-state index is 11.4. The minimum atomic E-state index is -0.453. The Labute approximate surface area is 154 Å². The number of carbonyl (C=O) groups excluding carboxylic acids is 1. The summed E-state index contributed by atoms with van der Waals surface area (Å²) in [6.45, 7) is 1.04. The highest BCUT2D eigenvalue weighted by atomic mass is 16.7. The van der Waals surface area contributed by atoms with Crippen LogP contribution in [-0.2, 0) is 24.2 Å². The molecule has 2 aliphatic rings. The van der Waals surface area contributed by atoms with Crippen molar-refractivity contribution >= 4 is 5.91 Å². The fraction of sp³-hybridized carbons (Fsp3) is 0.333. The number of primary amides is 1. The van der Waals surface area contributed by atoms with Gasteiger partial charge in [-0.05, 0) is 31.0 Å². The number of nitrogens with zero attached hydrogens (tertiary/aromatic N) is 5. The summed E-state index contributed by atoms with van der Waals surface area (Å²) in [7, 11) is 0. The minimum absolute atomic E-state index is 0.00913. The molecule has 5 rings (SSSR count). The smallest absolute Gasteiger partial charge is 0.231 e. The summed E-state index contributed by atoms with van der Waals surface area (Å²) in [4.78, 5) is 16.0. The standard InChI is InChI=1S/C18H18N6O3/c19-16(25)9-17-21-18(11-4-6-23-12(7-11)3-5-20-23)24(22-17)13-1-2-14-15(8-13)27-10-26-14/h1-3,5,8,11H,4,6-7,9-10H2,(H2,19,25). The van der Waals surface area contributed by atoms with Gasteiger partial charge >= 0.3 is 0 Å². The highest BCUT2D eigenvalue weighted by Crippen LogP contribution is 2.35. The molecule has 1 aromatic carbocycles. The number of hydrogen-bond acceptors (Lipinski definition) is 6. The number of amides is 1. The molecule has 0 radical (unpaired) electrons. The molecule has 2 N–H and O–H groups in total. The van der Waals surface area contributed by atoms with E-state index in [-0.39, 0.29) is 19.1 Å². The van der Waals surface area contributed by atoms with E-state index in [0.29, 0.717) is 17.3 Å². The molecule has 1 atom stereocenters. The Balaban J connectivity index is 1.55. The van der Waals surface area contributed by atoms with E-state index in [1.54, 1.807) is 4.68 Å². The van der Waals surface area contributed by atoms with Crippen LogP contribution in [0.2, 0.25) is 0 Å². The molecule has 4 heterocycles. The predicted octanol–water partition coefficient (Wildman–Crippen LogP) is 0.950. The first kappa shape index (κ1) is 15.9. The maximum atomic E-state index is 11.4. The average Bonchev–Trinajstić information content (AvgIpc) is 3.38. The van der Waals surface area contributed by atoms with Crippen molar-refractivity contribution in [2.24, 2.45) is 5.73 Å². The van der Waals surface area contributed by atoms with Crippen LogP contribution in [0.5, 0.6) is 11.5 Å². The summed E-state index contributed by atoms with van der Waals surface area (Å²) in [6.07, 6.45) is 3.54. The first-order chi connectivity index (χ1) is 13.2. The Bertz CT molecular complexity index is 1020. The number of benzene rings is 1. The summed E-state index contributed by atoms with van der Waals surface area (Å²) >= 11 is 0. The highest BCUT2D eigenvalue weighted by Gasteiger charge is 2.27. The van der Waals surface area contributed by atoms with Crippen LogP contribution >= 0.6 is 0 Å². The van der Waals surface area contributed by atoms with Gasteiger partial charge in [0.2, 0.25) is 12.7 Å². The van der Waals surface area contributed by atoms with E-state index in [0.717, 1.165) is 30.9 Å². The number of ether oxygens (including phenoxy) is 2. The molecular formula is C18H18N6O3. The molecule has 0 bridgehead atoms. The summed E-state index contributed by atoms with van der Waals surface area (Å²) in [6, 6.07) is 7.67. The van der Waals surface area contributed by atoms with Crippen LogP contribution in [0, 0.1) is 0 Å². The van der Waals surface area contributed by atoms with E-state index in [2.05, 4.69) is 15.2 Å². The van der Waals surface area contributed by atoms with Crippen LogP contribution in [0.25, 0.3) is 5.69 Å². The van der Waals surface area contributed by atoms with Crippen LogP contribution in [-0.4, -0.2) is 37.2 Å². The van der Waals surface area contributed by atoms with Crippen LogP contribution in [0.3, 0.4) is 0 Å². The van der Waals surface area contributed by atoms with Gasteiger partial charge in [-0.2, -0.15) is 10.2 Å². The SMILES string of the molecule is NC(=O)Cc1nc(C2CCn3nccc3C2)n(-c2ccc3c(c2)OCO3)n1. The normalized spacial score (nSPS) is 17.7. The quantitative estimate of drug-likeness (QED) is 0.736. The van der Waals surface area contributed by atoms with Gasteiger partial charge in [0.25, 0.3) is 0 Å². The fourth-order valence-corrected chi connectivity index (χ4v) is 3.66. The molecule has 2 aromatic heterocycles. The molecule has 9 nitrogen and oxygen atoms in total. The van der Waals surface area contributed by atoms with Gasteiger partial charge in [0.05, 0.1) is 12.1 Å². The van der Waals surface area contributed by atoms with Crippen LogP contribution in [0.4, 0.5) is 0 Å². The topological polar surface area (TPSA) is 110 Å². The molecular weight excluding hydrogens is 348 g/mol. The number of nitrogens with two attached hydrogens (primary N) is 1. The predicted molar refractivity (Wildman–Crippen MR) is 93.7 cm³/mol. The highest BCUT2D eigenvalue weighted by molar-refractivity contribution is 5.75. The van der Waals surface area contributed by atoms with Crippen LogP contribution in [0.1, 0.15) is 29.7 Å². The molecule has 2 aliphatic heterocycles. The van der Waals surface area contributed by atoms with E-state index in [9.17, 15) is 4.79 Å². The van der Waals surface area contributed by atoms with Crippen LogP contribution < -0.4 is 15.2 Å². The molecule has 1 unspecified atom stereocenters. The summed E-state index contributed by atoms with van der Waals surface area (Å²) < 4.78 is 14.7. The van der Waals surface area contributed by atoms with Crippen molar-refractivity contribution in [2.45, 2.75) is 31.7 Å². The number of hydrogen-bond donors (Lipinski definition) is 1. The van der Waals surface area contributed by atoms with Crippen molar-refractivity contribution in [3.05, 3.63) is 47.8 Å². The van der Waals surface area contributed by atoms with Gasteiger partial charge in [0.15, 0.2) is 17.3 Å². The van der Waals surface area contributed by atoms with Crippen molar-refractivity contribution in [3.8, 4) is 17.2 Å². The number of rotatable bonds is 4. The van der Waals surface area contributed by atoms with Crippen LogP contribution in [0.15, 0.2) is 30.5 Å². The third-order valence-electron chi connectivity index (χ3n) is 4.92. The third kappa shape index (κ3) is 2.80. The second-order valence-corrected chi connectivity index (χ2v) is 6.71. The number of aryl methyl sites for hydroxylation is 1. The Morgan fingerprint density at radius 2 is 2.15 bits per heavy atom. The van der Waals surface area contributed by atoms with Gasteiger partial charge in [0, 0.05) is 30.4 Å². The minimum Gasteiger partial charge on any atom is -0.454 e. The molecule has 9 heteroatoms. The summed E-state index contributed by atoms with van der Waals surface area (Å²) in [5, 5.41) is 8.88. The average molecular weight is 366 g/mol. The lowest BCUT2D eigenvalue weighted by molar-refractivity contribution is -0.117. The first-order valence-electron chi connectivity index (χ1n) is 8.82. The zero-order chi connectivity index (χ0) is 18.4. The molecule has 27 heavy (non-hydrogen) atoms. The second kappa shape index (κ2) is 6.11. The van der Waals surface area contributed by atoms with Crippen molar-refractivity contribution in [2.75, 3.05) is 6.79 Å². The van der Waals surface area contributed by atoms with Gasteiger partial charge in [0.1, 0.15) is 5.82 Å². The molecule has 1 amide bonds. The fourth-order valence-electron chi connectivity index (χ4n) is 3.66. The Kier molecular flexibility index (Phi) is 3.59. The molecule has 138 valence electrons. The largest absolute Gasteiger partial charge is 0.454 e. The number of carbonyl (C=O) groups is 1. The molecule has 0 spiro atoms. The molecule has 0 saturated heterocycles. The Morgan fingerprint density at radius 1 is 1.26 bits per heavy atom. The van der Waals surface area contributed by atoms with Gasteiger partial charge < -0.3 is 15.2 Å². The van der Waals surface area contributed by atoms with E-state index < -0.39 is 5.91 Å². The van der Waals surface area contributed by atoms with Crippen molar-refractivity contribution in [1.82, 2.24) is 24.5 Å². The lowest BCUT2D eigenvalue weighted by Crippen LogP contribution is -2.21. The zero-order valence-electron chi connectivity index (χ0n) is 14.5. The lowest BCUT2D eigenvalue weighted by Gasteiger charge is -2.23. The summed E-state index contributed by atoms with van der Waals surface area (Å²) in [5.74, 6) is 2.35. The number of fused-ring (bicyclic) bond motifs is 2. The maximum Gasteiger partial charge on any atom is 0.231 e. The van der Waals surface area contributed by atoms with Crippen molar-refractivity contribution in [1.29, 1.82) is 0 Å². The van der Waals surface area contributed by atoms with E-state index in [1.165, 1.54) is 5.69 Å². The zero-order valence-corrected chi connectivity index (χ0v) is 14.5. The molecule has 3 aromatic rings. The van der Waals surface area contributed by atoms with E-state index >= 15 is 0 Å². The summed E-state index contributed by atoms with van der Waals surface area (Å²) in [5.41, 5.74) is 7.33. The lowest BCUT2D eigenvalue weighted by atomic mass is 9.95. The number of aromatic nitrogens is 5. The third-order valence-corrected chi connectivity index (χ3v) is 4.92. The van der Waals surface area contributed by atoms with E-state index in [1.807, 2.05) is 35.1 Å². The van der Waals surface area contributed by atoms with Gasteiger partial charge in [-0.15, -0.1) is 0 Å². The van der Waals surface area contributed by atoms with Crippen molar-refractivity contribution in [3.63, 3.8) is 0 Å². The van der Waals surface area contributed by atoms with E-state index in [4.69, 9.17) is 15.2 Å². The van der Waals surface area contributed by atoms with Gasteiger partial charge in [-0.25, -0.2) is 9.67 Å². The van der Waals surface area contributed by atoms with Gasteiger partial charge in [-0.3, -0.25) is 9.48 Å².